The van der Waals surface area contributed by atoms with E-state index in [-0.39, 0.29) is 6.04 Å². The van der Waals surface area contributed by atoms with Crippen molar-refractivity contribution in [3.63, 3.8) is 0 Å². The lowest BCUT2D eigenvalue weighted by Gasteiger charge is -2.08. The highest BCUT2D eigenvalue weighted by Crippen LogP contribution is 2.29. The van der Waals surface area contributed by atoms with Crippen LogP contribution in [0.1, 0.15) is 43.9 Å². The van der Waals surface area contributed by atoms with E-state index in [1.807, 2.05) is 6.92 Å². The van der Waals surface area contributed by atoms with E-state index in [0.29, 0.717) is 5.92 Å². The molecule has 1 unspecified atom stereocenters. The van der Waals surface area contributed by atoms with Crippen LogP contribution in [-0.2, 0) is 0 Å². The lowest BCUT2D eigenvalue weighted by Crippen LogP contribution is -2.04. The van der Waals surface area contributed by atoms with Crippen LogP contribution in [0.3, 0.4) is 0 Å². The molecule has 0 aromatic heterocycles. The van der Waals surface area contributed by atoms with Crippen LogP contribution in [0.2, 0.25) is 0 Å². The third kappa shape index (κ3) is 3.85. The van der Waals surface area contributed by atoms with Crippen molar-refractivity contribution in [1.82, 2.24) is 0 Å². The van der Waals surface area contributed by atoms with E-state index < -0.39 is 0 Å². The minimum Gasteiger partial charge on any atom is -0.324 e. The Morgan fingerprint density at radius 3 is 1.53 bits per heavy atom. The van der Waals surface area contributed by atoms with Gasteiger partial charge >= 0.3 is 0 Å². The minimum absolute atomic E-state index is 0.101. The van der Waals surface area contributed by atoms with Crippen LogP contribution in [-0.4, -0.2) is 0 Å². The zero-order valence-corrected chi connectivity index (χ0v) is 12.6. The SMILES string of the molecule is CC(C)c1ccc(Sc2ccc(C(C)N)cc2)cc1. The molecule has 1 nitrogen and oxygen atoms in total. The summed E-state index contributed by atoms with van der Waals surface area (Å²) in [5.41, 5.74) is 8.42. The van der Waals surface area contributed by atoms with Gasteiger partial charge in [-0.2, -0.15) is 0 Å². The molecular formula is C17H21NS. The molecule has 2 N–H and O–H groups in total. The van der Waals surface area contributed by atoms with Crippen molar-refractivity contribution in [2.45, 2.75) is 42.5 Å². The largest absolute Gasteiger partial charge is 0.324 e. The summed E-state index contributed by atoms with van der Waals surface area (Å²) in [6, 6.07) is 17.4. The molecule has 1 atom stereocenters. The number of hydrogen-bond acceptors (Lipinski definition) is 2. The smallest absolute Gasteiger partial charge is 0.0266 e. The number of rotatable bonds is 4. The molecular weight excluding hydrogens is 250 g/mol. The monoisotopic (exact) mass is 271 g/mol. The van der Waals surface area contributed by atoms with Gasteiger partial charge < -0.3 is 5.73 Å². The minimum atomic E-state index is 0.101. The van der Waals surface area contributed by atoms with Crippen molar-refractivity contribution in [1.29, 1.82) is 0 Å². The van der Waals surface area contributed by atoms with Crippen molar-refractivity contribution in [2.24, 2.45) is 5.73 Å². The van der Waals surface area contributed by atoms with E-state index in [4.69, 9.17) is 5.73 Å². The molecule has 0 aliphatic rings. The van der Waals surface area contributed by atoms with Gasteiger partial charge in [0.2, 0.25) is 0 Å². The number of nitrogens with two attached hydrogens (primary N) is 1. The molecule has 0 saturated carbocycles. The van der Waals surface area contributed by atoms with E-state index in [9.17, 15) is 0 Å². The highest BCUT2D eigenvalue weighted by atomic mass is 32.2. The Kier molecular flexibility index (Phi) is 4.67. The van der Waals surface area contributed by atoms with E-state index in [1.165, 1.54) is 20.9 Å². The maximum absolute atomic E-state index is 5.85. The molecule has 0 bridgehead atoms. The Hall–Kier alpha value is -1.25. The first kappa shape index (κ1) is 14.2. The second-order valence-electron chi connectivity index (χ2n) is 5.18. The van der Waals surface area contributed by atoms with Gasteiger partial charge in [-0.05, 0) is 48.2 Å². The third-order valence-corrected chi connectivity index (χ3v) is 4.20. The standard InChI is InChI=1S/C17H21NS/c1-12(2)14-4-8-16(9-5-14)19-17-10-6-15(7-11-17)13(3)18/h4-13H,18H2,1-3H3. The molecule has 0 radical (unpaired) electrons. The molecule has 19 heavy (non-hydrogen) atoms. The van der Waals surface area contributed by atoms with Crippen LogP contribution in [0, 0.1) is 0 Å². The second kappa shape index (κ2) is 6.27. The Balaban J connectivity index is 2.08. The lowest BCUT2D eigenvalue weighted by molar-refractivity contribution is 0.817. The Morgan fingerprint density at radius 1 is 0.737 bits per heavy atom. The first-order valence-corrected chi connectivity index (χ1v) is 7.51. The molecule has 2 rings (SSSR count). The maximum atomic E-state index is 5.85. The normalized spacial score (nSPS) is 12.7. The summed E-state index contributed by atoms with van der Waals surface area (Å²) in [5, 5.41) is 0. The van der Waals surface area contributed by atoms with Crippen LogP contribution in [0.4, 0.5) is 0 Å². The third-order valence-electron chi connectivity index (χ3n) is 3.19. The van der Waals surface area contributed by atoms with Gasteiger partial charge in [0.25, 0.3) is 0 Å². The van der Waals surface area contributed by atoms with Crippen LogP contribution in [0.25, 0.3) is 0 Å². The zero-order valence-electron chi connectivity index (χ0n) is 11.8. The molecule has 2 heteroatoms. The lowest BCUT2D eigenvalue weighted by atomic mass is 10.0. The van der Waals surface area contributed by atoms with Gasteiger partial charge in [0, 0.05) is 15.8 Å². The van der Waals surface area contributed by atoms with Gasteiger partial charge in [-0.3, -0.25) is 0 Å². The molecule has 2 aromatic rings. The van der Waals surface area contributed by atoms with Gasteiger partial charge in [-0.25, -0.2) is 0 Å². The molecule has 2 aromatic carbocycles. The van der Waals surface area contributed by atoms with Crippen molar-refractivity contribution in [3.8, 4) is 0 Å². The molecule has 0 fully saturated rings. The summed E-state index contributed by atoms with van der Waals surface area (Å²) in [4.78, 5) is 2.53. The van der Waals surface area contributed by atoms with Gasteiger partial charge in [0.05, 0.1) is 0 Å². The molecule has 0 amide bonds. The van der Waals surface area contributed by atoms with Crippen LogP contribution in [0.5, 0.6) is 0 Å². The van der Waals surface area contributed by atoms with Crippen molar-refractivity contribution >= 4 is 11.8 Å². The number of hydrogen-bond donors (Lipinski definition) is 1. The first-order valence-electron chi connectivity index (χ1n) is 6.69. The van der Waals surface area contributed by atoms with E-state index in [0.717, 1.165) is 0 Å². The van der Waals surface area contributed by atoms with Gasteiger partial charge in [-0.1, -0.05) is 49.9 Å². The summed E-state index contributed by atoms with van der Waals surface area (Å²) < 4.78 is 0. The fourth-order valence-electron chi connectivity index (χ4n) is 1.90. The van der Waals surface area contributed by atoms with Gasteiger partial charge in [-0.15, -0.1) is 0 Å². The van der Waals surface area contributed by atoms with Crippen LogP contribution in [0.15, 0.2) is 58.3 Å². The molecule has 0 heterocycles. The fraction of sp³-hybridized carbons (Fsp3) is 0.294. The summed E-state index contributed by atoms with van der Waals surface area (Å²) in [6.45, 7) is 6.44. The molecule has 0 spiro atoms. The van der Waals surface area contributed by atoms with Crippen molar-refractivity contribution in [2.75, 3.05) is 0 Å². The zero-order chi connectivity index (χ0) is 13.8. The predicted molar refractivity (Wildman–Crippen MR) is 83.7 cm³/mol. The summed E-state index contributed by atoms with van der Waals surface area (Å²) in [7, 11) is 0. The highest BCUT2D eigenvalue weighted by molar-refractivity contribution is 7.99. The average molecular weight is 271 g/mol. The average Bonchev–Trinajstić information content (AvgIpc) is 2.40. The summed E-state index contributed by atoms with van der Waals surface area (Å²) in [5.74, 6) is 0.587. The van der Waals surface area contributed by atoms with Crippen LogP contribution >= 0.6 is 11.8 Å². The topological polar surface area (TPSA) is 26.0 Å². The quantitative estimate of drug-likeness (QED) is 0.848. The van der Waals surface area contributed by atoms with Gasteiger partial charge in [0.1, 0.15) is 0 Å². The van der Waals surface area contributed by atoms with E-state index in [2.05, 4.69) is 62.4 Å². The number of benzene rings is 2. The predicted octanol–water partition coefficient (Wildman–Crippen LogP) is 4.98. The summed E-state index contributed by atoms with van der Waals surface area (Å²) in [6.07, 6.45) is 0. The van der Waals surface area contributed by atoms with Crippen molar-refractivity contribution < 1.29 is 0 Å². The fourth-order valence-corrected chi connectivity index (χ4v) is 2.71. The molecule has 100 valence electrons. The summed E-state index contributed by atoms with van der Waals surface area (Å²) >= 11 is 1.79. The highest BCUT2D eigenvalue weighted by Gasteiger charge is 2.02. The van der Waals surface area contributed by atoms with Crippen LogP contribution < -0.4 is 5.73 Å². The molecule has 0 aliphatic carbocycles. The van der Waals surface area contributed by atoms with E-state index >= 15 is 0 Å². The maximum Gasteiger partial charge on any atom is 0.0266 e. The molecule has 0 saturated heterocycles. The second-order valence-corrected chi connectivity index (χ2v) is 6.33. The Morgan fingerprint density at radius 2 is 1.16 bits per heavy atom. The van der Waals surface area contributed by atoms with Crippen molar-refractivity contribution in [3.05, 3.63) is 59.7 Å². The molecule has 0 aliphatic heterocycles. The first-order chi connectivity index (χ1) is 9.06. The Labute approximate surface area is 120 Å². The Bertz CT molecular complexity index is 462. The van der Waals surface area contributed by atoms with E-state index in [1.54, 1.807) is 11.8 Å². The van der Waals surface area contributed by atoms with Gasteiger partial charge in [0.15, 0.2) is 0 Å².